The van der Waals surface area contributed by atoms with E-state index in [9.17, 15) is 8.78 Å². The molecule has 2 nitrogen and oxygen atoms in total. The van der Waals surface area contributed by atoms with Crippen LogP contribution in [0.15, 0.2) is 0 Å². The van der Waals surface area contributed by atoms with Gasteiger partial charge >= 0.3 is 0 Å². The second-order valence-corrected chi connectivity index (χ2v) is 2.59. The second kappa shape index (κ2) is 3.25. The molecule has 0 aromatic carbocycles. The summed E-state index contributed by atoms with van der Waals surface area (Å²) in [5.41, 5.74) is 0. The van der Waals surface area contributed by atoms with Crippen molar-refractivity contribution < 1.29 is 8.78 Å². The van der Waals surface area contributed by atoms with Crippen LogP contribution in [0.3, 0.4) is 0 Å². The first-order chi connectivity index (χ1) is 4.72. The van der Waals surface area contributed by atoms with E-state index in [1.165, 1.54) is 0 Å². The van der Waals surface area contributed by atoms with E-state index in [-0.39, 0.29) is 0 Å². The van der Waals surface area contributed by atoms with E-state index >= 15 is 0 Å². The first kappa shape index (κ1) is 7.88. The molecule has 1 N–H and O–H groups in total. The molecule has 1 saturated heterocycles. The van der Waals surface area contributed by atoms with E-state index in [0.29, 0.717) is 6.54 Å². The molecule has 0 aromatic rings. The van der Waals surface area contributed by atoms with Gasteiger partial charge in [-0.1, -0.05) is 0 Å². The summed E-state index contributed by atoms with van der Waals surface area (Å²) in [5.74, 6) is 0. The number of hydrogen-bond acceptors (Lipinski definition) is 2. The van der Waals surface area contributed by atoms with Crippen molar-refractivity contribution in [3.05, 3.63) is 0 Å². The summed E-state index contributed by atoms with van der Waals surface area (Å²) in [7, 11) is 1.73. The molecule has 1 fully saturated rings. The zero-order chi connectivity index (χ0) is 7.56. The van der Waals surface area contributed by atoms with Crippen molar-refractivity contribution in [2.45, 2.75) is 12.5 Å². The van der Waals surface area contributed by atoms with Gasteiger partial charge in [-0.2, -0.15) is 0 Å². The third-order valence-electron chi connectivity index (χ3n) is 1.85. The Morgan fingerprint density at radius 2 is 2.30 bits per heavy atom. The summed E-state index contributed by atoms with van der Waals surface area (Å²) in [5, 5.41) is 2.92. The van der Waals surface area contributed by atoms with Crippen LogP contribution in [0.25, 0.3) is 0 Å². The van der Waals surface area contributed by atoms with Crippen molar-refractivity contribution in [3.63, 3.8) is 0 Å². The lowest BCUT2D eigenvalue weighted by molar-refractivity contribution is 0.0260. The Labute approximate surface area is 59.2 Å². The summed E-state index contributed by atoms with van der Waals surface area (Å²) < 4.78 is 24.2. The quantitative estimate of drug-likeness (QED) is 0.572. The Kier molecular flexibility index (Phi) is 2.56. The van der Waals surface area contributed by atoms with Crippen molar-refractivity contribution in [2.75, 3.05) is 26.7 Å². The molecule has 1 aliphatic rings. The fraction of sp³-hybridized carbons (Fsp3) is 1.00. The maximum absolute atomic E-state index is 12.1. The molecule has 1 aliphatic heterocycles. The van der Waals surface area contributed by atoms with E-state index in [1.54, 1.807) is 11.9 Å². The van der Waals surface area contributed by atoms with Crippen molar-refractivity contribution in [2.24, 2.45) is 0 Å². The van der Waals surface area contributed by atoms with Gasteiger partial charge < -0.3 is 5.32 Å². The van der Waals surface area contributed by atoms with Gasteiger partial charge in [0, 0.05) is 19.6 Å². The van der Waals surface area contributed by atoms with Gasteiger partial charge in [-0.05, 0) is 7.05 Å². The van der Waals surface area contributed by atoms with Crippen molar-refractivity contribution in [1.82, 2.24) is 10.2 Å². The highest BCUT2D eigenvalue weighted by Crippen LogP contribution is 2.08. The summed E-state index contributed by atoms with van der Waals surface area (Å²) in [6.07, 6.45) is -2.22. The molecular weight excluding hydrogens is 138 g/mol. The topological polar surface area (TPSA) is 15.3 Å². The number of nitrogens with one attached hydrogen (secondary N) is 1. The molecule has 0 spiro atoms. The van der Waals surface area contributed by atoms with Crippen LogP contribution in [0, 0.1) is 0 Å². The van der Waals surface area contributed by atoms with Crippen LogP contribution >= 0.6 is 0 Å². The van der Waals surface area contributed by atoms with Crippen molar-refractivity contribution in [3.8, 4) is 0 Å². The first-order valence-corrected chi connectivity index (χ1v) is 3.41. The minimum atomic E-state index is -2.22. The van der Waals surface area contributed by atoms with Crippen LogP contribution in [-0.2, 0) is 0 Å². The summed E-state index contributed by atoms with van der Waals surface area (Å²) in [4.78, 5) is 1.70. The van der Waals surface area contributed by atoms with Crippen LogP contribution in [0.1, 0.15) is 0 Å². The molecule has 60 valence electrons. The lowest BCUT2D eigenvalue weighted by Gasteiger charge is -2.32. The zero-order valence-corrected chi connectivity index (χ0v) is 5.98. The van der Waals surface area contributed by atoms with Gasteiger partial charge in [0.2, 0.25) is 0 Å². The third-order valence-corrected chi connectivity index (χ3v) is 1.85. The van der Waals surface area contributed by atoms with Gasteiger partial charge in [-0.15, -0.1) is 0 Å². The van der Waals surface area contributed by atoms with E-state index < -0.39 is 12.5 Å². The maximum Gasteiger partial charge on any atom is 0.255 e. The van der Waals surface area contributed by atoms with Gasteiger partial charge in [0.1, 0.15) is 0 Å². The Bertz CT molecular complexity index is 108. The second-order valence-electron chi connectivity index (χ2n) is 2.59. The molecule has 0 radical (unpaired) electrons. The molecule has 1 atom stereocenters. The third kappa shape index (κ3) is 1.64. The SMILES string of the molecule is CN1CCNCC1C(F)F. The van der Waals surface area contributed by atoms with Crippen LogP contribution in [0.2, 0.25) is 0 Å². The van der Waals surface area contributed by atoms with Crippen LogP contribution in [-0.4, -0.2) is 44.0 Å². The molecule has 0 aromatic heterocycles. The van der Waals surface area contributed by atoms with E-state index in [4.69, 9.17) is 0 Å². The number of piperazine rings is 1. The Balaban J connectivity index is 2.40. The lowest BCUT2D eigenvalue weighted by atomic mass is 10.2. The van der Waals surface area contributed by atoms with Gasteiger partial charge in [0.25, 0.3) is 6.43 Å². The van der Waals surface area contributed by atoms with E-state index in [2.05, 4.69) is 5.32 Å². The number of likely N-dealkylation sites (N-methyl/N-ethyl adjacent to an activating group) is 1. The van der Waals surface area contributed by atoms with E-state index in [0.717, 1.165) is 13.1 Å². The molecular formula is C6H12F2N2. The Morgan fingerprint density at radius 3 is 2.70 bits per heavy atom. The van der Waals surface area contributed by atoms with Crippen molar-refractivity contribution in [1.29, 1.82) is 0 Å². The largest absolute Gasteiger partial charge is 0.314 e. The fourth-order valence-electron chi connectivity index (χ4n) is 1.11. The average Bonchev–Trinajstić information content (AvgIpc) is 1.88. The molecule has 0 bridgehead atoms. The Hall–Kier alpha value is -0.220. The summed E-state index contributed by atoms with van der Waals surface area (Å²) >= 11 is 0. The van der Waals surface area contributed by atoms with Crippen LogP contribution < -0.4 is 5.32 Å². The minimum Gasteiger partial charge on any atom is -0.314 e. The number of alkyl halides is 2. The smallest absolute Gasteiger partial charge is 0.255 e. The summed E-state index contributed by atoms with van der Waals surface area (Å²) in [6.45, 7) is 1.95. The van der Waals surface area contributed by atoms with Gasteiger partial charge in [0.15, 0.2) is 0 Å². The molecule has 10 heavy (non-hydrogen) atoms. The highest BCUT2D eigenvalue weighted by Gasteiger charge is 2.26. The molecule has 0 saturated carbocycles. The average molecular weight is 150 g/mol. The highest BCUT2D eigenvalue weighted by molar-refractivity contribution is 4.78. The van der Waals surface area contributed by atoms with Gasteiger partial charge in [0.05, 0.1) is 6.04 Å². The first-order valence-electron chi connectivity index (χ1n) is 3.41. The lowest BCUT2D eigenvalue weighted by Crippen LogP contribution is -2.52. The van der Waals surface area contributed by atoms with Crippen LogP contribution in [0.4, 0.5) is 8.78 Å². The molecule has 4 heteroatoms. The van der Waals surface area contributed by atoms with Gasteiger partial charge in [-0.25, -0.2) is 8.78 Å². The van der Waals surface area contributed by atoms with Gasteiger partial charge in [-0.3, -0.25) is 4.90 Å². The normalized spacial score (nSPS) is 29.4. The predicted octanol–water partition coefficient (Wildman–Crippen LogP) is 0.155. The molecule has 0 aliphatic carbocycles. The number of halogens is 2. The highest BCUT2D eigenvalue weighted by atomic mass is 19.3. The zero-order valence-electron chi connectivity index (χ0n) is 5.98. The van der Waals surface area contributed by atoms with Crippen molar-refractivity contribution >= 4 is 0 Å². The monoisotopic (exact) mass is 150 g/mol. The maximum atomic E-state index is 12.1. The molecule has 1 unspecified atom stereocenters. The standard InChI is InChI=1S/C6H12F2N2/c1-10-3-2-9-4-5(10)6(7)8/h5-6,9H,2-4H2,1H3. The fourth-order valence-corrected chi connectivity index (χ4v) is 1.11. The summed E-state index contributed by atoms with van der Waals surface area (Å²) in [6, 6.07) is -0.589. The molecule has 1 rings (SSSR count). The number of hydrogen-bond donors (Lipinski definition) is 1. The predicted molar refractivity (Wildman–Crippen MR) is 35.3 cm³/mol. The Morgan fingerprint density at radius 1 is 1.60 bits per heavy atom. The van der Waals surface area contributed by atoms with Crippen LogP contribution in [0.5, 0.6) is 0 Å². The molecule has 0 amide bonds. The number of nitrogens with zero attached hydrogens (tertiary/aromatic N) is 1. The van der Waals surface area contributed by atoms with E-state index in [1.807, 2.05) is 0 Å². The number of rotatable bonds is 1. The minimum absolute atomic E-state index is 0.411. The molecule has 1 heterocycles.